The number of aryl methyl sites for hydroxylation is 1. The molecule has 1 aromatic heterocycles. The zero-order valence-electron chi connectivity index (χ0n) is 12.3. The maximum absolute atomic E-state index is 9.02. The van der Waals surface area contributed by atoms with E-state index >= 15 is 0 Å². The Labute approximate surface area is 123 Å². The lowest BCUT2D eigenvalue weighted by Gasteiger charge is -2.36. The minimum atomic E-state index is 0.0917. The van der Waals surface area contributed by atoms with Crippen molar-refractivity contribution in [3.63, 3.8) is 0 Å². The van der Waals surface area contributed by atoms with Gasteiger partial charge in [0, 0.05) is 23.6 Å². The molecular weight excluding hydrogens is 274 g/mol. The molecule has 1 aliphatic heterocycles. The lowest BCUT2D eigenvalue weighted by atomic mass is 10.1. The monoisotopic (exact) mass is 295 g/mol. The van der Waals surface area contributed by atoms with Gasteiger partial charge in [-0.3, -0.25) is 0 Å². The number of nitrogens with zero attached hydrogens (tertiary/aromatic N) is 4. The van der Waals surface area contributed by atoms with E-state index in [1.165, 1.54) is 0 Å². The predicted molar refractivity (Wildman–Crippen MR) is 82.7 cm³/mol. The third-order valence-electron chi connectivity index (χ3n) is 3.52. The number of oxime groups is 1. The van der Waals surface area contributed by atoms with Gasteiger partial charge in [0.1, 0.15) is 0 Å². The molecule has 1 aliphatic rings. The Morgan fingerprint density at radius 2 is 1.90 bits per heavy atom. The van der Waals surface area contributed by atoms with Crippen LogP contribution in [0.4, 0.5) is 5.82 Å². The summed E-state index contributed by atoms with van der Waals surface area (Å²) >= 11 is 1.97. The van der Waals surface area contributed by atoms with Crippen LogP contribution in [0.2, 0.25) is 0 Å². The average Bonchev–Trinajstić information content (AvgIpc) is 2.39. The quantitative estimate of drug-likeness (QED) is 0.372. The van der Waals surface area contributed by atoms with Gasteiger partial charge >= 0.3 is 0 Å². The summed E-state index contributed by atoms with van der Waals surface area (Å²) in [7, 11) is 0. The second-order valence-corrected chi connectivity index (χ2v) is 7.14. The van der Waals surface area contributed by atoms with Crippen molar-refractivity contribution in [3.8, 4) is 0 Å². The fraction of sp³-hybridized carbons (Fsp3) is 0.615. The summed E-state index contributed by atoms with van der Waals surface area (Å²) in [6.07, 6.45) is 0. The van der Waals surface area contributed by atoms with Crippen LogP contribution in [0.1, 0.15) is 30.7 Å². The van der Waals surface area contributed by atoms with E-state index in [2.05, 4.69) is 34.1 Å². The van der Waals surface area contributed by atoms with Crippen LogP contribution in [0.3, 0.4) is 0 Å². The van der Waals surface area contributed by atoms with Crippen molar-refractivity contribution in [1.29, 1.82) is 0 Å². The number of hydrogen-bond donors (Lipinski definition) is 2. The fourth-order valence-electron chi connectivity index (χ4n) is 2.52. The second-order valence-electron chi connectivity index (χ2n) is 5.26. The van der Waals surface area contributed by atoms with E-state index in [4.69, 9.17) is 10.9 Å². The highest BCUT2D eigenvalue weighted by atomic mass is 32.2. The Morgan fingerprint density at radius 1 is 1.30 bits per heavy atom. The molecule has 0 amide bonds. The average molecular weight is 295 g/mol. The van der Waals surface area contributed by atoms with Crippen molar-refractivity contribution in [2.24, 2.45) is 10.9 Å². The summed E-state index contributed by atoms with van der Waals surface area (Å²) in [6, 6.07) is 0. The van der Waals surface area contributed by atoms with E-state index in [9.17, 15) is 0 Å². The maximum atomic E-state index is 9.02. The molecule has 7 heteroatoms. The molecule has 0 aliphatic carbocycles. The Hall–Kier alpha value is -1.50. The number of nitrogens with two attached hydrogens (primary N) is 1. The number of rotatable bonds is 2. The standard InChI is InChI=1S/C13H21N5OS/c1-7-5-18(6-8(2)20-7)13-11(12(14)17-19)9(3)10(4)15-16-13/h7-8,19H,5-6H2,1-4H3,(H2,14,17). The first kappa shape index (κ1) is 14.9. The topological polar surface area (TPSA) is 87.6 Å². The fourth-order valence-corrected chi connectivity index (χ4v) is 3.85. The summed E-state index contributed by atoms with van der Waals surface area (Å²) in [5.41, 5.74) is 8.23. The van der Waals surface area contributed by atoms with Crippen LogP contribution in [0.25, 0.3) is 0 Å². The SMILES string of the molecule is Cc1nnc(N2CC(C)SC(C)C2)c(C(N)=NO)c1C. The van der Waals surface area contributed by atoms with Crippen LogP contribution in [-0.2, 0) is 0 Å². The third kappa shape index (κ3) is 2.82. The predicted octanol–water partition coefficient (Wildman–Crippen LogP) is 1.52. The van der Waals surface area contributed by atoms with Gasteiger partial charge in [-0.15, -0.1) is 5.10 Å². The van der Waals surface area contributed by atoms with Crippen LogP contribution in [-0.4, -0.2) is 44.8 Å². The van der Waals surface area contributed by atoms with E-state index in [-0.39, 0.29) is 5.84 Å². The lowest BCUT2D eigenvalue weighted by Crippen LogP contribution is -2.42. The molecule has 0 spiro atoms. The van der Waals surface area contributed by atoms with Gasteiger partial charge < -0.3 is 15.8 Å². The van der Waals surface area contributed by atoms with Crippen LogP contribution in [0, 0.1) is 13.8 Å². The van der Waals surface area contributed by atoms with Gasteiger partial charge in [-0.25, -0.2) is 0 Å². The van der Waals surface area contributed by atoms with Gasteiger partial charge in [0.05, 0.1) is 11.3 Å². The van der Waals surface area contributed by atoms with Crippen LogP contribution in [0.5, 0.6) is 0 Å². The van der Waals surface area contributed by atoms with Crippen molar-refractivity contribution < 1.29 is 5.21 Å². The Kier molecular flexibility index (Phi) is 4.37. The van der Waals surface area contributed by atoms with E-state index < -0.39 is 0 Å². The maximum Gasteiger partial charge on any atom is 0.174 e. The van der Waals surface area contributed by atoms with E-state index in [1.54, 1.807) is 0 Å². The summed E-state index contributed by atoms with van der Waals surface area (Å²) < 4.78 is 0. The van der Waals surface area contributed by atoms with Gasteiger partial charge in [-0.2, -0.15) is 16.9 Å². The Morgan fingerprint density at radius 3 is 2.45 bits per heavy atom. The molecule has 2 atom stereocenters. The van der Waals surface area contributed by atoms with Crippen LogP contribution >= 0.6 is 11.8 Å². The number of thioether (sulfide) groups is 1. The minimum absolute atomic E-state index is 0.0917. The van der Waals surface area contributed by atoms with Gasteiger partial charge in [-0.1, -0.05) is 19.0 Å². The lowest BCUT2D eigenvalue weighted by molar-refractivity contribution is 0.318. The Balaban J connectivity index is 2.48. The summed E-state index contributed by atoms with van der Waals surface area (Å²) in [5.74, 6) is 0.802. The molecule has 3 N–H and O–H groups in total. The second kappa shape index (κ2) is 5.87. The van der Waals surface area contributed by atoms with E-state index in [1.807, 2.05) is 25.6 Å². The molecule has 1 aromatic rings. The molecule has 2 unspecified atom stereocenters. The number of anilines is 1. The molecule has 1 saturated heterocycles. The molecule has 0 bridgehead atoms. The van der Waals surface area contributed by atoms with Crippen molar-refractivity contribution in [3.05, 3.63) is 16.8 Å². The van der Waals surface area contributed by atoms with Crippen molar-refractivity contribution in [1.82, 2.24) is 10.2 Å². The molecule has 0 saturated carbocycles. The van der Waals surface area contributed by atoms with E-state index in [0.29, 0.717) is 21.9 Å². The van der Waals surface area contributed by atoms with Gasteiger partial charge in [0.15, 0.2) is 11.7 Å². The molecule has 2 heterocycles. The first-order chi connectivity index (χ1) is 9.43. The minimum Gasteiger partial charge on any atom is -0.409 e. The zero-order chi connectivity index (χ0) is 14.9. The normalized spacial score (nSPS) is 24.0. The molecule has 0 aromatic carbocycles. The molecule has 6 nitrogen and oxygen atoms in total. The number of aromatic nitrogens is 2. The number of amidine groups is 1. The largest absolute Gasteiger partial charge is 0.409 e. The molecular formula is C13H21N5OS. The molecule has 2 rings (SSSR count). The summed E-state index contributed by atoms with van der Waals surface area (Å²) in [6.45, 7) is 9.97. The summed E-state index contributed by atoms with van der Waals surface area (Å²) in [4.78, 5) is 2.18. The highest BCUT2D eigenvalue weighted by Crippen LogP contribution is 2.30. The number of hydrogen-bond acceptors (Lipinski definition) is 6. The third-order valence-corrected chi connectivity index (χ3v) is 4.75. The van der Waals surface area contributed by atoms with Crippen LogP contribution < -0.4 is 10.6 Å². The van der Waals surface area contributed by atoms with E-state index in [0.717, 1.165) is 24.3 Å². The molecule has 110 valence electrons. The van der Waals surface area contributed by atoms with Crippen molar-refractivity contribution in [2.45, 2.75) is 38.2 Å². The van der Waals surface area contributed by atoms with Gasteiger partial charge in [-0.05, 0) is 19.4 Å². The molecule has 0 radical (unpaired) electrons. The molecule has 20 heavy (non-hydrogen) atoms. The summed E-state index contributed by atoms with van der Waals surface area (Å²) in [5, 5.41) is 21.7. The highest BCUT2D eigenvalue weighted by Gasteiger charge is 2.27. The van der Waals surface area contributed by atoms with Crippen molar-refractivity contribution in [2.75, 3.05) is 18.0 Å². The van der Waals surface area contributed by atoms with Gasteiger partial charge in [0.25, 0.3) is 0 Å². The zero-order valence-corrected chi connectivity index (χ0v) is 13.1. The first-order valence-electron chi connectivity index (χ1n) is 6.66. The smallest absolute Gasteiger partial charge is 0.174 e. The highest BCUT2D eigenvalue weighted by molar-refractivity contribution is 8.00. The van der Waals surface area contributed by atoms with Crippen LogP contribution in [0.15, 0.2) is 5.16 Å². The first-order valence-corrected chi connectivity index (χ1v) is 7.60. The van der Waals surface area contributed by atoms with Crippen molar-refractivity contribution >= 4 is 23.4 Å². The Bertz CT molecular complexity index is 524. The van der Waals surface area contributed by atoms with Gasteiger partial charge in [0.2, 0.25) is 0 Å². The molecule has 1 fully saturated rings.